The Morgan fingerprint density at radius 2 is 1.83 bits per heavy atom. The number of carbonyl (C=O) groups is 2. The summed E-state index contributed by atoms with van der Waals surface area (Å²) in [7, 11) is 2.10. The Hall–Kier alpha value is -3.32. The lowest BCUT2D eigenvalue weighted by Gasteiger charge is -2.29. The Kier molecular flexibility index (Phi) is 8.79. The molecule has 184 valence electrons. The van der Waals surface area contributed by atoms with E-state index in [2.05, 4.69) is 27.2 Å². The van der Waals surface area contributed by atoms with Gasteiger partial charge in [0.05, 0.1) is 11.7 Å². The number of ketones is 1. The minimum absolute atomic E-state index is 0.0493. The van der Waals surface area contributed by atoms with Crippen LogP contribution in [0.5, 0.6) is 0 Å². The van der Waals surface area contributed by atoms with Gasteiger partial charge < -0.3 is 15.2 Å². The van der Waals surface area contributed by atoms with Crippen molar-refractivity contribution in [2.24, 2.45) is 5.92 Å². The number of pyridine rings is 1. The molecule has 0 unspecified atom stereocenters. The van der Waals surface area contributed by atoms with Gasteiger partial charge in [0.25, 0.3) is 0 Å². The first kappa shape index (κ1) is 24.8. The monoisotopic (exact) mass is 473 g/mol. The lowest BCUT2D eigenvalue weighted by atomic mass is 9.95. The summed E-state index contributed by atoms with van der Waals surface area (Å²) in [6.45, 7) is 1.90. The number of benzene rings is 1. The predicted molar refractivity (Wildman–Crippen MR) is 137 cm³/mol. The summed E-state index contributed by atoms with van der Waals surface area (Å²) >= 11 is 0. The molecule has 1 amide bonds. The number of piperidine rings is 1. The number of hydrogen-bond donors (Lipinski definition) is 2. The van der Waals surface area contributed by atoms with Gasteiger partial charge in [-0.05, 0) is 58.0 Å². The molecule has 35 heavy (non-hydrogen) atoms. The summed E-state index contributed by atoms with van der Waals surface area (Å²) in [5.74, 6) is 1.03. The highest BCUT2D eigenvalue weighted by Crippen LogP contribution is 2.24. The van der Waals surface area contributed by atoms with E-state index in [9.17, 15) is 9.59 Å². The smallest absolute Gasteiger partial charge is 0.223 e. The van der Waals surface area contributed by atoms with Gasteiger partial charge in [0.1, 0.15) is 11.5 Å². The number of amides is 1. The highest BCUT2D eigenvalue weighted by molar-refractivity contribution is 5.94. The van der Waals surface area contributed by atoms with E-state index >= 15 is 0 Å². The zero-order chi connectivity index (χ0) is 24.5. The van der Waals surface area contributed by atoms with Crippen molar-refractivity contribution >= 4 is 11.7 Å². The standard InChI is InChI=1S/C28H35N5O2/c1-33-18-15-22(16-19-33)28(35)32-24(27-30-20-25(31-27)21-10-4-2-5-11-21)13-6-3-7-14-26(34)23-12-8-9-17-29-23/h2,4-5,8-12,17,20,22,24H,3,6-7,13-16,18-19H2,1H3,(H,30,31)(H,32,35)/t24-/m0/s1. The van der Waals surface area contributed by atoms with Crippen molar-refractivity contribution in [1.82, 2.24) is 25.2 Å². The van der Waals surface area contributed by atoms with Crippen LogP contribution in [-0.2, 0) is 4.79 Å². The Morgan fingerprint density at radius 1 is 1.06 bits per heavy atom. The number of aromatic amines is 1. The minimum Gasteiger partial charge on any atom is -0.346 e. The normalized spacial score (nSPS) is 15.6. The van der Waals surface area contributed by atoms with Crippen molar-refractivity contribution < 1.29 is 9.59 Å². The van der Waals surface area contributed by atoms with E-state index in [0.29, 0.717) is 12.1 Å². The largest absolute Gasteiger partial charge is 0.346 e. The molecule has 7 nitrogen and oxygen atoms in total. The third kappa shape index (κ3) is 7.09. The average molecular weight is 474 g/mol. The molecule has 1 atom stereocenters. The molecule has 3 heterocycles. The summed E-state index contributed by atoms with van der Waals surface area (Å²) in [5, 5.41) is 3.28. The Labute approximate surface area is 207 Å². The fraction of sp³-hybridized carbons (Fsp3) is 0.429. The number of nitrogens with zero attached hydrogens (tertiary/aromatic N) is 3. The molecule has 0 spiro atoms. The van der Waals surface area contributed by atoms with E-state index in [1.807, 2.05) is 48.7 Å². The number of aromatic nitrogens is 3. The first-order valence-corrected chi connectivity index (χ1v) is 12.6. The van der Waals surface area contributed by atoms with Crippen LogP contribution in [0.1, 0.15) is 67.3 Å². The van der Waals surface area contributed by atoms with Crippen molar-refractivity contribution in [2.75, 3.05) is 20.1 Å². The molecule has 2 aromatic heterocycles. The number of H-pyrrole nitrogens is 1. The number of imidazole rings is 1. The molecular formula is C28H35N5O2. The van der Waals surface area contributed by atoms with E-state index in [-0.39, 0.29) is 23.7 Å². The number of likely N-dealkylation sites (tertiary alicyclic amines) is 1. The molecule has 0 radical (unpaired) electrons. The van der Waals surface area contributed by atoms with Crippen LogP contribution in [-0.4, -0.2) is 51.7 Å². The van der Waals surface area contributed by atoms with Crippen LogP contribution >= 0.6 is 0 Å². The van der Waals surface area contributed by atoms with Crippen molar-refractivity contribution in [3.63, 3.8) is 0 Å². The molecule has 1 aromatic carbocycles. The first-order valence-electron chi connectivity index (χ1n) is 12.6. The van der Waals surface area contributed by atoms with Gasteiger partial charge in [-0.2, -0.15) is 0 Å². The quantitative estimate of drug-likeness (QED) is 0.308. The summed E-state index contributed by atoms with van der Waals surface area (Å²) in [6.07, 6.45) is 9.21. The van der Waals surface area contributed by atoms with Crippen LogP contribution in [0.3, 0.4) is 0 Å². The van der Waals surface area contributed by atoms with Gasteiger partial charge in [0.2, 0.25) is 5.91 Å². The number of hydrogen-bond acceptors (Lipinski definition) is 5. The van der Waals surface area contributed by atoms with Gasteiger partial charge in [-0.3, -0.25) is 14.6 Å². The minimum atomic E-state index is -0.175. The zero-order valence-corrected chi connectivity index (χ0v) is 20.5. The van der Waals surface area contributed by atoms with Crippen molar-refractivity contribution in [3.8, 4) is 11.3 Å². The summed E-state index contributed by atoms with van der Waals surface area (Å²) in [6, 6.07) is 15.3. The fourth-order valence-electron chi connectivity index (χ4n) is 4.58. The third-order valence-electron chi connectivity index (χ3n) is 6.75. The van der Waals surface area contributed by atoms with Crippen LogP contribution < -0.4 is 5.32 Å². The molecule has 7 heteroatoms. The number of Topliss-reactive ketones (excluding diaryl/α,β-unsaturated/α-hetero) is 1. The summed E-state index contributed by atoms with van der Waals surface area (Å²) in [5.41, 5.74) is 2.45. The van der Waals surface area contributed by atoms with E-state index in [4.69, 9.17) is 4.98 Å². The maximum atomic E-state index is 13.1. The van der Waals surface area contributed by atoms with Crippen LogP contribution in [0.4, 0.5) is 0 Å². The molecule has 1 saturated heterocycles. The maximum Gasteiger partial charge on any atom is 0.223 e. The van der Waals surface area contributed by atoms with Gasteiger partial charge in [0.15, 0.2) is 5.78 Å². The summed E-state index contributed by atoms with van der Waals surface area (Å²) < 4.78 is 0. The molecule has 0 aliphatic carbocycles. The predicted octanol–water partition coefficient (Wildman–Crippen LogP) is 4.80. The van der Waals surface area contributed by atoms with Crippen LogP contribution in [0.2, 0.25) is 0 Å². The molecule has 4 rings (SSSR count). The van der Waals surface area contributed by atoms with E-state index in [1.54, 1.807) is 12.3 Å². The number of rotatable bonds is 11. The molecule has 1 aliphatic rings. The number of nitrogens with one attached hydrogen (secondary N) is 2. The second-order valence-corrected chi connectivity index (χ2v) is 9.41. The van der Waals surface area contributed by atoms with Gasteiger partial charge in [-0.1, -0.05) is 49.2 Å². The fourth-order valence-corrected chi connectivity index (χ4v) is 4.58. The summed E-state index contributed by atoms with van der Waals surface area (Å²) in [4.78, 5) is 39.9. The molecule has 0 bridgehead atoms. The van der Waals surface area contributed by atoms with Crippen molar-refractivity contribution in [3.05, 3.63) is 72.4 Å². The molecule has 2 N–H and O–H groups in total. The number of carbonyl (C=O) groups excluding carboxylic acids is 2. The molecule has 0 saturated carbocycles. The van der Waals surface area contributed by atoms with Gasteiger partial charge in [0, 0.05) is 30.3 Å². The molecule has 1 aliphatic heterocycles. The van der Waals surface area contributed by atoms with Gasteiger partial charge in [-0.15, -0.1) is 0 Å². The van der Waals surface area contributed by atoms with Gasteiger partial charge >= 0.3 is 0 Å². The molecule has 1 fully saturated rings. The highest BCUT2D eigenvalue weighted by Gasteiger charge is 2.26. The Bertz CT molecular complexity index is 1070. The lowest BCUT2D eigenvalue weighted by Crippen LogP contribution is -2.40. The first-order chi connectivity index (χ1) is 17.1. The maximum absolute atomic E-state index is 13.1. The van der Waals surface area contributed by atoms with Crippen molar-refractivity contribution in [2.45, 2.75) is 51.0 Å². The second-order valence-electron chi connectivity index (χ2n) is 9.41. The van der Waals surface area contributed by atoms with E-state index in [1.165, 1.54) is 0 Å². The Morgan fingerprint density at radius 3 is 2.57 bits per heavy atom. The number of unbranched alkanes of at least 4 members (excludes halogenated alkanes) is 2. The molecule has 3 aromatic rings. The lowest BCUT2D eigenvalue weighted by molar-refractivity contribution is -0.127. The molecular weight excluding hydrogens is 438 g/mol. The van der Waals surface area contributed by atoms with E-state index < -0.39 is 0 Å². The van der Waals surface area contributed by atoms with Crippen LogP contribution in [0, 0.1) is 5.92 Å². The Balaban J connectivity index is 1.35. The highest BCUT2D eigenvalue weighted by atomic mass is 16.2. The topological polar surface area (TPSA) is 91.0 Å². The van der Waals surface area contributed by atoms with Crippen molar-refractivity contribution in [1.29, 1.82) is 0 Å². The third-order valence-corrected chi connectivity index (χ3v) is 6.75. The SMILES string of the molecule is CN1CCC(C(=O)N[C@@H](CCCCCC(=O)c2ccccn2)c2nc(-c3ccccc3)c[nH]2)CC1. The second kappa shape index (κ2) is 12.4. The average Bonchev–Trinajstić information content (AvgIpc) is 3.39. The van der Waals surface area contributed by atoms with Crippen LogP contribution in [0.15, 0.2) is 60.9 Å². The van der Waals surface area contributed by atoms with E-state index in [0.717, 1.165) is 68.7 Å². The zero-order valence-electron chi connectivity index (χ0n) is 20.5. The van der Waals surface area contributed by atoms with Gasteiger partial charge in [-0.25, -0.2) is 4.98 Å². The van der Waals surface area contributed by atoms with Crippen LogP contribution in [0.25, 0.3) is 11.3 Å².